The number of hydrogen-bond acceptors (Lipinski definition) is 1. The van der Waals surface area contributed by atoms with E-state index in [0.29, 0.717) is 5.92 Å². The Morgan fingerprint density at radius 2 is 0.899 bits per heavy atom. The fourth-order valence-corrected chi connectivity index (χ4v) is 12.9. The van der Waals surface area contributed by atoms with Crippen LogP contribution in [0.2, 0.25) is 0 Å². The summed E-state index contributed by atoms with van der Waals surface area (Å²) in [5.74, 6) is 0.473. The predicted molar refractivity (Wildman–Crippen MR) is 302 cm³/mol. The summed E-state index contributed by atoms with van der Waals surface area (Å²) in [6, 6.07) is 66.5. The first-order valence-electron chi connectivity index (χ1n) is 25.8. The van der Waals surface area contributed by atoms with Crippen molar-refractivity contribution in [2.75, 3.05) is 0 Å². The summed E-state index contributed by atoms with van der Waals surface area (Å²) in [5, 5.41) is 7.77. The van der Waals surface area contributed by atoms with Gasteiger partial charge < -0.3 is 9.13 Å². The topological polar surface area (TPSA) is 9.86 Å². The second-order valence-electron chi connectivity index (χ2n) is 21.4. The molecule has 3 heterocycles. The second-order valence-corrected chi connectivity index (χ2v) is 22.5. The molecule has 0 aliphatic heterocycles. The number of aromatic nitrogens is 2. The molecule has 0 spiro atoms. The van der Waals surface area contributed by atoms with Crippen molar-refractivity contribution < 1.29 is 0 Å². The van der Waals surface area contributed by atoms with Gasteiger partial charge in [-0.15, -0.1) is 11.3 Å². The highest BCUT2D eigenvalue weighted by Crippen LogP contribution is 2.49. The molecule has 0 saturated carbocycles. The Balaban J connectivity index is 0.954. The predicted octanol–water partition coefficient (Wildman–Crippen LogP) is 20.3. The molecule has 11 rings (SSSR count). The lowest BCUT2D eigenvalue weighted by molar-refractivity contribution is 0.172. The summed E-state index contributed by atoms with van der Waals surface area (Å²) in [7, 11) is 0. The maximum absolute atomic E-state index is 2.54. The number of para-hydroxylation sites is 3. The van der Waals surface area contributed by atoms with Crippen LogP contribution in [0.25, 0.3) is 97.4 Å². The molecule has 1 unspecified atom stereocenters. The molecule has 69 heavy (non-hydrogen) atoms. The fraction of sp³-hybridized carbons (Fsp3) is 0.273. The lowest BCUT2D eigenvalue weighted by Gasteiger charge is -2.40. The minimum Gasteiger partial charge on any atom is -0.309 e. The largest absolute Gasteiger partial charge is 0.309 e. The molecule has 0 bridgehead atoms. The van der Waals surface area contributed by atoms with Crippen molar-refractivity contribution in [2.45, 2.75) is 105 Å². The van der Waals surface area contributed by atoms with E-state index in [-0.39, 0.29) is 10.8 Å². The maximum Gasteiger partial charge on any atom is 0.0541 e. The van der Waals surface area contributed by atoms with Gasteiger partial charge in [-0.3, -0.25) is 0 Å². The van der Waals surface area contributed by atoms with Crippen molar-refractivity contribution in [3.8, 4) is 33.6 Å². The van der Waals surface area contributed by atoms with Crippen molar-refractivity contribution in [1.82, 2.24) is 9.13 Å². The highest BCUT2D eigenvalue weighted by molar-refractivity contribution is 7.25. The molecule has 0 aliphatic carbocycles. The summed E-state index contributed by atoms with van der Waals surface area (Å²) in [5.41, 5.74) is 14.3. The van der Waals surface area contributed by atoms with Gasteiger partial charge in [-0.25, -0.2) is 0 Å². The molecule has 0 amide bonds. The molecule has 0 saturated heterocycles. The third-order valence-electron chi connectivity index (χ3n) is 15.6. The zero-order chi connectivity index (χ0) is 47.3. The van der Waals surface area contributed by atoms with Gasteiger partial charge in [-0.05, 0) is 143 Å². The average molecular weight is 919 g/mol. The van der Waals surface area contributed by atoms with Gasteiger partial charge in [0.2, 0.25) is 0 Å². The van der Waals surface area contributed by atoms with E-state index in [1.165, 1.54) is 161 Å². The summed E-state index contributed by atoms with van der Waals surface area (Å²) < 4.78 is 7.57. The van der Waals surface area contributed by atoms with Crippen molar-refractivity contribution in [3.05, 3.63) is 181 Å². The zero-order valence-electron chi connectivity index (χ0n) is 41.5. The van der Waals surface area contributed by atoms with Gasteiger partial charge >= 0.3 is 0 Å². The lowest BCUT2D eigenvalue weighted by Crippen LogP contribution is -2.28. The van der Waals surface area contributed by atoms with Gasteiger partial charge in [-0.2, -0.15) is 0 Å². The summed E-state index contributed by atoms with van der Waals surface area (Å²) in [4.78, 5) is 0. The number of nitrogens with zero attached hydrogens (tertiary/aromatic N) is 2. The molecule has 346 valence electrons. The number of unbranched alkanes of at least 4 members (excludes halogenated alkanes) is 4. The number of fused-ring (bicyclic) bond motifs is 9. The van der Waals surface area contributed by atoms with Crippen LogP contribution < -0.4 is 0 Å². The number of thiophene rings is 1. The molecule has 0 aliphatic rings. The molecule has 3 heteroatoms. The van der Waals surface area contributed by atoms with Crippen molar-refractivity contribution in [3.63, 3.8) is 0 Å². The monoisotopic (exact) mass is 918 g/mol. The second kappa shape index (κ2) is 18.5. The quantitative estimate of drug-likeness (QED) is 0.0855. The standard InChI is InChI=1S/C66H66N2S/c1-7-9-11-18-37-65(3,4)44-58(66(5,6)38-10-8-2)49-22-20-24-51(40-49)68-61-30-17-14-27-54(61)55-41-46(31-34-62(55)68)48-33-36-64-57(43-48)56-42-47(32-35-63(56)69-64)45-21-19-23-50(39-45)67-59-28-15-12-25-52(59)53-26-13-16-29-60(53)67/h12-17,19-36,39-43,58H,7-11,18,37-38,44H2,1-6H3. The van der Waals surface area contributed by atoms with Gasteiger partial charge in [0.25, 0.3) is 0 Å². The maximum atomic E-state index is 2.54. The van der Waals surface area contributed by atoms with E-state index in [0.717, 1.165) is 0 Å². The smallest absolute Gasteiger partial charge is 0.0541 e. The van der Waals surface area contributed by atoms with Crippen LogP contribution in [0.4, 0.5) is 0 Å². The molecule has 8 aromatic carbocycles. The molecule has 0 N–H and O–H groups in total. The van der Waals surface area contributed by atoms with Gasteiger partial charge in [0, 0.05) is 53.1 Å². The van der Waals surface area contributed by atoms with Crippen LogP contribution in [-0.4, -0.2) is 9.13 Å². The minimum absolute atomic E-state index is 0.195. The fourth-order valence-electron chi connectivity index (χ4n) is 11.8. The molecular formula is C66H66N2S. The third kappa shape index (κ3) is 8.48. The van der Waals surface area contributed by atoms with E-state index in [4.69, 9.17) is 0 Å². The molecule has 1 atom stereocenters. The summed E-state index contributed by atoms with van der Waals surface area (Å²) >= 11 is 1.89. The Morgan fingerprint density at radius 3 is 1.49 bits per heavy atom. The lowest BCUT2D eigenvalue weighted by atomic mass is 9.65. The number of benzene rings is 8. The first-order valence-corrected chi connectivity index (χ1v) is 26.6. The zero-order valence-corrected chi connectivity index (χ0v) is 42.3. The van der Waals surface area contributed by atoms with E-state index in [9.17, 15) is 0 Å². The van der Waals surface area contributed by atoms with Crippen molar-refractivity contribution >= 4 is 75.1 Å². The Hall–Kier alpha value is -6.42. The van der Waals surface area contributed by atoms with Crippen LogP contribution in [0.3, 0.4) is 0 Å². The first kappa shape index (κ1) is 45.0. The van der Waals surface area contributed by atoms with Crippen molar-refractivity contribution in [2.24, 2.45) is 10.8 Å². The van der Waals surface area contributed by atoms with Crippen LogP contribution >= 0.6 is 11.3 Å². The van der Waals surface area contributed by atoms with Gasteiger partial charge in [0.15, 0.2) is 0 Å². The molecule has 0 fully saturated rings. The van der Waals surface area contributed by atoms with Gasteiger partial charge in [0.1, 0.15) is 0 Å². The van der Waals surface area contributed by atoms with Crippen LogP contribution in [-0.2, 0) is 0 Å². The minimum atomic E-state index is 0.195. The van der Waals surface area contributed by atoms with Gasteiger partial charge in [0.05, 0.1) is 22.1 Å². The Bertz CT molecular complexity index is 3590. The van der Waals surface area contributed by atoms with Crippen LogP contribution in [0.15, 0.2) is 176 Å². The molecule has 2 nitrogen and oxygen atoms in total. The Kier molecular flexibility index (Phi) is 12.1. The van der Waals surface area contributed by atoms with E-state index in [1.807, 2.05) is 11.3 Å². The number of rotatable bonds is 16. The van der Waals surface area contributed by atoms with E-state index >= 15 is 0 Å². The number of hydrogen-bond donors (Lipinski definition) is 0. The molecule has 11 aromatic rings. The van der Waals surface area contributed by atoms with Crippen LogP contribution in [0, 0.1) is 10.8 Å². The van der Waals surface area contributed by atoms with Crippen LogP contribution in [0.1, 0.15) is 111 Å². The molecule has 0 radical (unpaired) electrons. The molecular weight excluding hydrogens is 853 g/mol. The van der Waals surface area contributed by atoms with E-state index in [1.54, 1.807) is 0 Å². The molecule has 3 aromatic heterocycles. The average Bonchev–Trinajstić information content (AvgIpc) is 4.03. The van der Waals surface area contributed by atoms with E-state index < -0.39 is 0 Å². The third-order valence-corrected chi connectivity index (χ3v) is 16.8. The van der Waals surface area contributed by atoms with Crippen LogP contribution in [0.5, 0.6) is 0 Å². The van der Waals surface area contributed by atoms with E-state index in [2.05, 4.69) is 227 Å². The SMILES string of the molecule is CCCCCCC(C)(C)CC(c1cccc(-n2c3ccccc3c3cc(-c4ccc5sc6ccc(-c7cccc(-n8c9ccccc9c9ccccc98)c7)cc6c5c4)ccc32)c1)C(C)(C)CCCC. The highest BCUT2D eigenvalue weighted by Gasteiger charge is 2.35. The first-order chi connectivity index (χ1) is 33.6. The van der Waals surface area contributed by atoms with Crippen molar-refractivity contribution in [1.29, 1.82) is 0 Å². The Morgan fingerprint density at radius 1 is 0.406 bits per heavy atom. The summed E-state index contributed by atoms with van der Waals surface area (Å²) in [6.07, 6.45) is 11.5. The summed E-state index contributed by atoms with van der Waals surface area (Å²) in [6.45, 7) is 14.8. The highest BCUT2D eigenvalue weighted by atomic mass is 32.1. The van der Waals surface area contributed by atoms with Gasteiger partial charge in [-0.1, -0.05) is 177 Å². The Labute approximate surface area is 413 Å². The normalized spacial score (nSPS) is 13.0.